The molecule has 3 heterocycles. The van der Waals surface area contributed by atoms with Crippen LogP contribution in [0.3, 0.4) is 0 Å². The van der Waals surface area contributed by atoms with Crippen molar-refractivity contribution in [3.8, 4) is 45.3 Å². The van der Waals surface area contributed by atoms with Crippen LogP contribution >= 0.6 is 0 Å². The zero-order chi connectivity index (χ0) is 37.0. The predicted molar refractivity (Wildman–Crippen MR) is 227 cm³/mol. The Morgan fingerprint density at radius 3 is 1.55 bits per heavy atom. The molecule has 0 saturated heterocycles. The molecular formula is C50H37N5. The Morgan fingerprint density at radius 2 is 0.927 bits per heavy atom. The number of aryl methyl sites for hydroxylation is 2. The molecule has 0 N–H and O–H groups in total. The van der Waals surface area contributed by atoms with Crippen LogP contribution in [0.1, 0.15) is 29.8 Å². The Kier molecular flexibility index (Phi) is 7.88. The number of para-hydroxylation sites is 1. The molecule has 1 aliphatic rings. The Morgan fingerprint density at radius 1 is 0.418 bits per heavy atom. The van der Waals surface area contributed by atoms with Gasteiger partial charge in [0.05, 0.1) is 22.4 Å². The third kappa shape index (κ3) is 5.50. The van der Waals surface area contributed by atoms with Gasteiger partial charge >= 0.3 is 0 Å². The van der Waals surface area contributed by atoms with Crippen LogP contribution in [0.5, 0.6) is 0 Å². The molecule has 6 aromatic carbocycles. The summed E-state index contributed by atoms with van der Waals surface area (Å²) in [6.07, 6.45) is 8.58. The average molecular weight is 708 g/mol. The van der Waals surface area contributed by atoms with E-state index in [0.717, 1.165) is 66.7 Å². The maximum absolute atomic E-state index is 5.53. The quantitative estimate of drug-likeness (QED) is 0.132. The van der Waals surface area contributed by atoms with Gasteiger partial charge in [-0.3, -0.25) is 0 Å². The summed E-state index contributed by atoms with van der Waals surface area (Å²) in [6.45, 7) is 6.72. The van der Waals surface area contributed by atoms with Gasteiger partial charge in [-0.1, -0.05) is 153 Å². The van der Waals surface area contributed by atoms with E-state index in [4.69, 9.17) is 24.9 Å². The smallest absolute Gasteiger partial charge is 0.163 e. The average Bonchev–Trinajstić information content (AvgIpc) is 3.25. The lowest BCUT2D eigenvalue weighted by atomic mass is 9.86. The Balaban J connectivity index is 1.29. The topological polar surface area (TPSA) is 64.5 Å². The van der Waals surface area contributed by atoms with Crippen molar-refractivity contribution in [2.45, 2.75) is 26.7 Å². The molecule has 0 aliphatic heterocycles. The van der Waals surface area contributed by atoms with E-state index in [1.165, 1.54) is 27.3 Å². The van der Waals surface area contributed by atoms with Gasteiger partial charge in [0.25, 0.3) is 0 Å². The summed E-state index contributed by atoms with van der Waals surface area (Å²) in [6, 6.07) is 46.3. The molecule has 5 heteroatoms. The second-order valence-corrected chi connectivity index (χ2v) is 14.5. The van der Waals surface area contributed by atoms with Crippen LogP contribution in [-0.4, -0.2) is 24.9 Å². The van der Waals surface area contributed by atoms with Gasteiger partial charge in [-0.25, -0.2) is 24.9 Å². The first-order valence-electron chi connectivity index (χ1n) is 18.9. The molecule has 0 amide bonds. The van der Waals surface area contributed by atoms with Gasteiger partial charge in [0.2, 0.25) is 0 Å². The first kappa shape index (κ1) is 32.8. The highest BCUT2D eigenvalue weighted by Gasteiger charge is 2.25. The van der Waals surface area contributed by atoms with Crippen molar-refractivity contribution in [1.29, 1.82) is 0 Å². The van der Waals surface area contributed by atoms with Gasteiger partial charge in [-0.2, -0.15) is 0 Å². The summed E-state index contributed by atoms with van der Waals surface area (Å²) in [7, 11) is 0. The summed E-state index contributed by atoms with van der Waals surface area (Å²) in [5.41, 5.74) is 10.2. The number of rotatable bonds is 5. The Hall–Kier alpha value is -6.85. The molecule has 0 fully saturated rings. The van der Waals surface area contributed by atoms with Crippen molar-refractivity contribution < 1.29 is 0 Å². The van der Waals surface area contributed by atoms with Crippen LogP contribution in [0, 0.1) is 19.8 Å². The minimum Gasteiger partial charge on any atom is -0.247 e. The van der Waals surface area contributed by atoms with Crippen molar-refractivity contribution in [3.63, 3.8) is 0 Å². The summed E-state index contributed by atoms with van der Waals surface area (Å²) < 4.78 is 0. The van der Waals surface area contributed by atoms with Crippen LogP contribution in [0.2, 0.25) is 0 Å². The highest BCUT2D eigenvalue weighted by Crippen LogP contribution is 2.45. The van der Waals surface area contributed by atoms with Crippen LogP contribution in [0.25, 0.3) is 88.6 Å². The molecule has 2 atom stereocenters. The third-order valence-corrected chi connectivity index (χ3v) is 11.1. The Labute approximate surface area is 319 Å². The fourth-order valence-corrected chi connectivity index (χ4v) is 8.41. The van der Waals surface area contributed by atoms with Crippen LogP contribution in [0.15, 0.2) is 158 Å². The van der Waals surface area contributed by atoms with Crippen LogP contribution < -0.4 is 0 Å². The number of allylic oxidation sites excluding steroid dienone is 4. The minimum absolute atomic E-state index is 0.0452. The van der Waals surface area contributed by atoms with E-state index in [2.05, 4.69) is 160 Å². The zero-order valence-corrected chi connectivity index (χ0v) is 30.9. The monoisotopic (exact) mass is 707 g/mol. The van der Waals surface area contributed by atoms with Crippen molar-refractivity contribution >= 4 is 43.4 Å². The fourth-order valence-electron chi connectivity index (χ4n) is 8.41. The predicted octanol–water partition coefficient (Wildman–Crippen LogP) is 12.4. The number of hydrogen-bond donors (Lipinski definition) is 0. The maximum atomic E-state index is 5.53. The van der Waals surface area contributed by atoms with Gasteiger partial charge in [0.1, 0.15) is 5.82 Å². The molecule has 3 aromatic heterocycles. The number of aromatic nitrogens is 5. The number of fused-ring (bicyclic) bond motifs is 6. The second kappa shape index (κ2) is 13.2. The van der Waals surface area contributed by atoms with Crippen molar-refractivity contribution in [2.75, 3.05) is 0 Å². The van der Waals surface area contributed by atoms with E-state index in [-0.39, 0.29) is 11.8 Å². The molecule has 0 spiro atoms. The van der Waals surface area contributed by atoms with Crippen molar-refractivity contribution in [1.82, 2.24) is 24.9 Å². The lowest BCUT2D eigenvalue weighted by molar-refractivity contribution is 0.600. The van der Waals surface area contributed by atoms with E-state index >= 15 is 0 Å². The van der Waals surface area contributed by atoms with Crippen molar-refractivity contribution in [2.24, 2.45) is 5.92 Å². The summed E-state index contributed by atoms with van der Waals surface area (Å²) >= 11 is 0. The number of hydrogen-bond acceptors (Lipinski definition) is 5. The molecule has 0 saturated carbocycles. The standard InChI is InChI=1S/C50H37N5/c1-30-17-13-14-24-37(30)50-54-48(35-22-11-6-12-23-35)53-49(55-50)36-27-28-39-41(29-36)52-47(34-20-9-5-10-21-34)45-31(2)42-38-25-15-16-26-40(38)51-46(33-18-7-4-8-19-33)44(42)32(3)43(39)45/h4-30,37H,1-3H3. The molecule has 9 aromatic rings. The van der Waals surface area contributed by atoms with Gasteiger partial charge < -0.3 is 0 Å². The molecule has 0 radical (unpaired) electrons. The highest BCUT2D eigenvalue weighted by molar-refractivity contribution is 6.25. The van der Waals surface area contributed by atoms with Gasteiger partial charge in [0, 0.05) is 49.7 Å². The van der Waals surface area contributed by atoms with Crippen LogP contribution in [0.4, 0.5) is 0 Å². The molecule has 5 nitrogen and oxygen atoms in total. The number of pyridine rings is 2. The van der Waals surface area contributed by atoms with E-state index in [1.807, 2.05) is 18.2 Å². The minimum atomic E-state index is 0.0452. The van der Waals surface area contributed by atoms with E-state index < -0.39 is 0 Å². The van der Waals surface area contributed by atoms with Gasteiger partial charge in [0.15, 0.2) is 11.6 Å². The Bertz CT molecular complexity index is 3010. The first-order chi connectivity index (χ1) is 27.0. The van der Waals surface area contributed by atoms with Crippen molar-refractivity contribution in [3.05, 3.63) is 175 Å². The van der Waals surface area contributed by atoms with E-state index in [1.54, 1.807) is 0 Å². The molecule has 10 rings (SSSR count). The highest BCUT2D eigenvalue weighted by atomic mass is 15.0. The zero-order valence-electron chi connectivity index (χ0n) is 30.9. The maximum Gasteiger partial charge on any atom is 0.163 e. The number of benzene rings is 6. The largest absolute Gasteiger partial charge is 0.247 e. The van der Waals surface area contributed by atoms with Gasteiger partial charge in [-0.15, -0.1) is 0 Å². The number of nitrogens with zero attached hydrogens (tertiary/aromatic N) is 5. The molecule has 55 heavy (non-hydrogen) atoms. The SMILES string of the molecule is Cc1c2c(-c3ccccc3)nc3cc(-c4nc(-c5ccccc5)nc(C5C=CC=CC5C)n4)ccc3c2c(C)c2c(-c3ccccc3)nc3ccccc3c12. The summed E-state index contributed by atoms with van der Waals surface area (Å²) in [5.74, 6) is 2.37. The molecule has 2 unspecified atom stereocenters. The first-order valence-corrected chi connectivity index (χ1v) is 18.9. The second-order valence-electron chi connectivity index (χ2n) is 14.5. The fraction of sp³-hybridized carbons (Fsp3) is 0.100. The van der Waals surface area contributed by atoms with E-state index in [9.17, 15) is 0 Å². The van der Waals surface area contributed by atoms with Gasteiger partial charge in [-0.05, 0) is 53.8 Å². The van der Waals surface area contributed by atoms with Crippen LogP contribution in [-0.2, 0) is 0 Å². The molecular weight excluding hydrogens is 671 g/mol. The van der Waals surface area contributed by atoms with E-state index in [0.29, 0.717) is 11.6 Å². The lowest BCUT2D eigenvalue weighted by Gasteiger charge is -2.21. The third-order valence-electron chi connectivity index (χ3n) is 11.1. The summed E-state index contributed by atoms with van der Waals surface area (Å²) in [4.78, 5) is 26.1. The molecule has 262 valence electrons. The molecule has 1 aliphatic carbocycles. The normalized spacial score (nSPS) is 15.4. The lowest BCUT2D eigenvalue weighted by Crippen LogP contribution is -2.13. The summed E-state index contributed by atoms with van der Waals surface area (Å²) in [5, 5.41) is 6.96. The molecule has 0 bridgehead atoms.